The fourth-order valence-electron chi connectivity index (χ4n) is 2.94. The Morgan fingerprint density at radius 1 is 1.14 bits per heavy atom. The molecule has 0 aliphatic heterocycles. The predicted octanol–water partition coefficient (Wildman–Crippen LogP) is 3.94. The van der Waals surface area contributed by atoms with Crippen molar-refractivity contribution in [2.75, 3.05) is 6.61 Å². The second-order valence-corrected chi connectivity index (χ2v) is 7.09. The largest absolute Gasteiger partial charge is 0.493 e. The van der Waals surface area contributed by atoms with E-state index in [0.717, 1.165) is 38.9 Å². The molecule has 0 atom stereocenters. The summed E-state index contributed by atoms with van der Waals surface area (Å²) in [5, 5.41) is 5.66. The quantitative estimate of drug-likeness (QED) is 0.499. The molecule has 0 bridgehead atoms. The minimum absolute atomic E-state index is 0.0876. The molecule has 2 aromatic carbocycles. The molecular formula is C21H20N4O2S. The molecule has 0 saturated heterocycles. The standard InChI is InChI=1S/C21H20N4O2S/c1-2-27-18-10-6-3-7-15(18)21-23-14(13-28-21)11-20(26)22-12-19-24-16-8-4-5-9-17(16)25-19/h3-10,13H,2,11-12H2,1H3,(H,22,26)(H,24,25). The van der Waals surface area contributed by atoms with Crippen LogP contribution in [0.1, 0.15) is 18.4 Å². The van der Waals surface area contributed by atoms with Gasteiger partial charge in [-0.2, -0.15) is 0 Å². The van der Waals surface area contributed by atoms with Crippen LogP contribution in [0.3, 0.4) is 0 Å². The van der Waals surface area contributed by atoms with Gasteiger partial charge in [0.25, 0.3) is 0 Å². The maximum absolute atomic E-state index is 12.3. The number of benzene rings is 2. The number of H-pyrrole nitrogens is 1. The molecular weight excluding hydrogens is 372 g/mol. The number of rotatable bonds is 7. The average Bonchev–Trinajstić information content (AvgIpc) is 3.33. The van der Waals surface area contributed by atoms with Crippen molar-refractivity contribution in [2.24, 2.45) is 0 Å². The zero-order chi connectivity index (χ0) is 19.3. The van der Waals surface area contributed by atoms with Gasteiger partial charge < -0.3 is 15.0 Å². The van der Waals surface area contributed by atoms with Crippen LogP contribution in [-0.2, 0) is 17.8 Å². The smallest absolute Gasteiger partial charge is 0.226 e. The highest BCUT2D eigenvalue weighted by Crippen LogP contribution is 2.32. The van der Waals surface area contributed by atoms with Crippen molar-refractivity contribution in [1.82, 2.24) is 20.3 Å². The number of ether oxygens (including phenoxy) is 1. The summed E-state index contributed by atoms with van der Waals surface area (Å²) in [7, 11) is 0. The van der Waals surface area contributed by atoms with Crippen LogP contribution in [0.2, 0.25) is 0 Å². The van der Waals surface area contributed by atoms with Gasteiger partial charge in [-0.25, -0.2) is 9.97 Å². The zero-order valence-corrected chi connectivity index (χ0v) is 16.3. The van der Waals surface area contributed by atoms with Crippen molar-refractivity contribution in [1.29, 1.82) is 0 Å². The Morgan fingerprint density at radius 2 is 1.96 bits per heavy atom. The van der Waals surface area contributed by atoms with E-state index in [4.69, 9.17) is 4.74 Å². The van der Waals surface area contributed by atoms with Crippen molar-refractivity contribution >= 4 is 28.3 Å². The molecule has 0 spiro atoms. The Morgan fingerprint density at radius 3 is 2.82 bits per heavy atom. The number of thiazole rings is 1. The molecule has 4 rings (SSSR count). The molecule has 0 aliphatic rings. The number of carbonyl (C=O) groups is 1. The molecule has 1 amide bonds. The van der Waals surface area contributed by atoms with Gasteiger partial charge in [0, 0.05) is 5.38 Å². The first kappa shape index (κ1) is 18.2. The number of aromatic nitrogens is 3. The first-order valence-electron chi connectivity index (χ1n) is 9.10. The van der Waals surface area contributed by atoms with Gasteiger partial charge in [-0.15, -0.1) is 11.3 Å². The number of fused-ring (bicyclic) bond motifs is 1. The lowest BCUT2D eigenvalue weighted by molar-refractivity contribution is -0.120. The predicted molar refractivity (Wildman–Crippen MR) is 110 cm³/mol. The first-order chi connectivity index (χ1) is 13.7. The second-order valence-electron chi connectivity index (χ2n) is 6.23. The Labute approximate surface area is 166 Å². The average molecular weight is 392 g/mol. The summed E-state index contributed by atoms with van der Waals surface area (Å²) in [5.41, 5.74) is 3.55. The van der Waals surface area contributed by atoms with Crippen LogP contribution in [0.15, 0.2) is 53.9 Å². The lowest BCUT2D eigenvalue weighted by Gasteiger charge is -2.07. The summed E-state index contributed by atoms with van der Waals surface area (Å²) in [4.78, 5) is 24.6. The molecule has 2 aromatic heterocycles. The van der Waals surface area contributed by atoms with Crippen LogP contribution >= 0.6 is 11.3 Å². The molecule has 6 nitrogen and oxygen atoms in total. The Balaban J connectivity index is 1.39. The number of imidazole rings is 1. The van der Waals surface area contributed by atoms with Crippen LogP contribution in [0.25, 0.3) is 21.6 Å². The molecule has 0 aliphatic carbocycles. The lowest BCUT2D eigenvalue weighted by atomic mass is 10.2. The van der Waals surface area contributed by atoms with E-state index in [-0.39, 0.29) is 12.3 Å². The van der Waals surface area contributed by atoms with Gasteiger partial charge in [0.2, 0.25) is 5.91 Å². The van der Waals surface area contributed by atoms with E-state index in [1.54, 1.807) is 0 Å². The molecule has 4 aromatic rings. The first-order valence-corrected chi connectivity index (χ1v) is 9.98. The molecule has 28 heavy (non-hydrogen) atoms. The number of para-hydroxylation sites is 3. The summed E-state index contributed by atoms with van der Waals surface area (Å²) in [5.74, 6) is 1.45. The highest BCUT2D eigenvalue weighted by molar-refractivity contribution is 7.13. The number of nitrogens with zero attached hydrogens (tertiary/aromatic N) is 2. The fourth-order valence-corrected chi connectivity index (χ4v) is 3.78. The molecule has 142 valence electrons. The molecule has 0 fully saturated rings. The number of amides is 1. The van der Waals surface area contributed by atoms with Gasteiger partial charge in [0.1, 0.15) is 16.6 Å². The summed E-state index contributed by atoms with van der Waals surface area (Å²) >= 11 is 1.51. The van der Waals surface area contributed by atoms with E-state index in [2.05, 4.69) is 20.3 Å². The number of carbonyl (C=O) groups excluding carboxylic acids is 1. The molecule has 0 unspecified atom stereocenters. The molecule has 0 radical (unpaired) electrons. The Hall–Kier alpha value is -3.19. The third kappa shape index (κ3) is 4.04. The normalized spacial score (nSPS) is 10.9. The maximum atomic E-state index is 12.3. The fraction of sp³-hybridized carbons (Fsp3) is 0.190. The third-order valence-electron chi connectivity index (χ3n) is 4.20. The van der Waals surface area contributed by atoms with Crippen molar-refractivity contribution in [3.63, 3.8) is 0 Å². The van der Waals surface area contributed by atoms with Crippen molar-refractivity contribution in [2.45, 2.75) is 19.9 Å². The summed E-state index contributed by atoms with van der Waals surface area (Å²) in [6.45, 7) is 2.91. The summed E-state index contributed by atoms with van der Waals surface area (Å²) in [6, 6.07) is 15.6. The van der Waals surface area contributed by atoms with Gasteiger partial charge in [-0.1, -0.05) is 24.3 Å². The van der Waals surface area contributed by atoms with E-state index < -0.39 is 0 Å². The van der Waals surface area contributed by atoms with E-state index >= 15 is 0 Å². The van der Waals surface area contributed by atoms with Crippen molar-refractivity contribution in [3.8, 4) is 16.3 Å². The molecule has 7 heteroatoms. The minimum Gasteiger partial charge on any atom is -0.493 e. The van der Waals surface area contributed by atoms with Gasteiger partial charge in [0.05, 0.1) is 41.9 Å². The summed E-state index contributed by atoms with van der Waals surface area (Å²) < 4.78 is 5.67. The summed E-state index contributed by atoms with van der Waals surface area (Å²) in [6.07, 6.45) is 0.230. The molecule has 2 heterocycles. The van der Waals surface area contributed by atoms with Gasteiger partial charge in [-0.3, -0.25) is 4.79 Å². The highest BCUT2D eigenvalue weighted by atomic mass is 32.1. The minimum atomic E-state index is -0.0876. The van der Waals surface area contributed by atoms with Gasteiger partial charge >= 0.3 is 0 Å². The van der Waals surface area contributed by atoms with Crippen LogP contribution < -0.4 is 10.1 Å². The van der Waals surface area contributed by atoms with Gasteiger partial charge in [0.15, 0.2) is 0 Å². The topological polar surface area (TPSA) is 79.9 Å². The lowest BCUT2D eigenvalue weighted by Crippen LogP contribution is -2.25. The van der Waals surface area contributed by atoms with Crippen molar-refractivity contribution in [3.05, 3.63) is 65.4 Å². The van der Waals surface area contributed by atoms with Crippen LogP contribution in [-0.4, -0.2) is 27.5 Å². The third-order valence-corrected chi connectivity index (χ3v) is 5.13. The number of aromatic amines is 1. The second kappa shape index (κ2) is 8.22. The highest BCUT2D eigenvalue weighted by Gasteiger charge is 2.13. The zero-order valence-electron chi connectivity index (χ0n) is 15.4. The van der Waals surface area contributed by atoms with E-state index in [1.807, 2.05) is 60.8 Å². The van der Waals surface area contributed by atoms with Gasteiger partial charge in [-0.05, 0) is 31.2 Å². The van der Waals surface area contributed by atoms with Crippen molar-refractivity contribution < 1.29 is 9.53 Å². The van der Waals surface area contributed by atoms with Crippen LogP contribution in [0.5, 0.6) is 5.75 Å². The molecule has 2 N–H and O–H groups in total. The number of nitrogens with one attached hydrogen (secondary N) is 2. The van der Waals surface area contributed by atoms with Crippen LogP contribution in [0, 0.1) is 0 Å². The van der Waals surface area contributed by atoms with E-state index in [0.29, 0.717) is 13.2 Å². The number of hydrogen-bond acceptors (Lipinski definition) is 5. The van der Waals surface area contributed by atoms with Crippen LogP contribution in [0.4, 0.5) is 0 Å². The maximum Gasteiger partial charge on any atom is 0.226 e. The molecule has 0 saturated carbocycles. The Kier molecular flexibility index (Phi) is 5.34. The SMILES string of the molecule is CCOc1ccccc1-c1nc(CC(=O)NCc2nc3ccccc3[nH]2)cs1. The Bertz CT molecular complexity index is 1070. The van der Waals surface area contributed by atoms with E-state index in [1.165, 1.54) is 11.3 Å². The van der Waals surface area contributed by atoms with E-state index in [9.17, 15) is 4.79 Å². The monoisotopic (exact) mass is 392 g/mol. The number of hydrogen-bond donors (Lipinski definition) is 2.